The molecule has 1 saturated heterocycles. The second-order valence-corrected chi connectivity index (χ2v) is 6.71. The lowest BCUT2D eigenvalue weighted by Gasteiger charge is -2.32. The quantitative estimate of drug-likeness (QED) is 0.799. The largest absolute Gasteiger partial charge is 0.306 e. The van der Waals surface area contributed by atoms with Crippen molar-refractivity contribution < 1.29 is 0 Å². The third kappa shape index (κ3) is 3.48. The zero-order valence-electron chi connectivity index (χ0n) is 14.4. The van der Waals surface area contributed by atoms with Crippen molar-refractivity contribution >= 4 is 10.9 Å². The molecule has 128 valence electrons. The fourth-order valence-electron chi connectivity index (χ4n) is 3.26. The van der Waals surface area contributed by atoms with Crippen LogP contribution in [0.1, 0.15) is 5.56 Å². The fraction of sp³-hybridized carbons (Fsp3) is 0.300. The van der Waals surface area contributed by atoms with E-state index in [1.807, 2.05) is 30.3 Å². The normalized spacial score (nSPS) is 16.4. The molecule has 5 nitrogen and oxygen atoms in total. The molecule has 1 N–H and O–H groups in total. The monoisotopic (exact) mass is 334 g/mol. The molecule has 2 aromatic carbocycles. The maximum Gasteiger partial charge on any atom is 0.259 e. The SMILES string of the molecule is CN1CCN(Cc2ccc(-c3nc4ccccc4c(=O)[nH]3)cc2)CC1. The van der Waals surface area contributed by atoms with E-state index < -0.39 is 0 Å². The standard InChI is InChI=1S/C20H22N4O/c1-23-10-12-24(13-11-23)14-15-6-8-16(9-7-15)19-21-18-5-3-2-4-17(18)20(25)22-19/h2-9H,10-14H2,1H3,(H,21,22,25). The molecule has 0 aliphatic carbocycles. The number of nitrogens with one attached hydrogen (secondary N) is 1. The van der Waals surface area contributed by atoms with Crippen LogP contribution in [0.4, 0.5) is 0 Å². The van der Waals surface area contributed by atoms with Crippen molar-refractivity contribution in [3.8, 4) is 11.4 Å². The van der Waals surface area contributed by atoms with Crippen molar-refractivity contribution in [2.24, 2.45) is 0 Å². The Morgan fingerprint density at radius 3 is 2.48 bits per heavy atom. The predicted molar refractivity (Wildman–Crippen MR) is 101 cm³/mol. The van der Waals surface area contributed by atoms with Gasteiger partial charge in [-0.25, -0.2) is 4.98 Å². The summed E-state index contributed by atoms with van der Waals surface area (Å²) in [4.78, 5) is 24.5. The Morgan fingerprint density at radius 1 is 1.00 bits per heavy atom. The van der Waals surface area contributed by atoms with Crippen molar-refractivity contribution in [2.75, 3.05) is 33.2 Å². The Labute approximate surface area is 146 Å². The van der Waals surface area contributed by atoms with Crippen molar-refractivity contribution in [3.63, 3.8) is 0 Å². The van der Waals surface area contributed by atoms with Crippen LogP contribution in [0.2, 0.25) is 0 Å². The zero-order chi connectivity index (χ0) is 17.2. The van der Waals surface area contributed by atoms with Crippen LogP contribution in [0.3, 0.4) is 0 Å². The Kier molecular flexibility index (Phi) is 4.34. The molecule has 2 heterocycles. The van der Waals surface area contributed by atoms with Gasteiger partial charge in [0.05, 0.1) is 10.9 Å². The van der Waals surface area contributed by atoms with Gasteiger partial charge in [-0.3, -0.25) is 9.69 Å². The molecule has 1 fully saturated rings. The molecule has 0 saturated carbocycles. The lowest BCUT2D eigenvalue weighted by atomic mass is 10.1. The molecule has 5 heteroatoms. The molecule has 25 heavy (non-hydrogen) atoms. The van der Waals surface area contributed by atoms with Crippen LogP contribution in [-0.2, 0) is 6.54 Å². The second kappa shape index (κ2) is 6.78. The molecule has 0 bridgehead atoms. The molecule has 3 aromatic rings. The predicted octanol–water partition coefficient (Wildman–Crippen LogP) is 2.34. The van der Waals surface area contributed by atoms with E-state index in [0.717, 1.165) is 43.8 Å². The molecule has 0 atom stereocenters. The van der Waals surface area contributed by atoms with Gasteiger partial charge in [-0.2, -0.15) is 0 Å². The molecule has 0 spiro atoms. The highest BCUT2D eigenvalue weighted by Crippen LogP contribution is 2.18. The van der Waals surface area contributed by atoms with E-state index in [1.165, 1.54) is 5.56 Å². The van der Waals surface area contributed by atoms with E-state index in [4.69, 9.17) is 0 Å². The molecule has 1 aromatic heterocycles. The lowest BCUT2D eigenvalue weighted by molar-refractivity contribution is 0.148. The van der Waals surface area contributed by atoms with Gasteiger partial charge in [0.1, 0.15) is 5.82 Å². The zero-order valence-corrected chi connectivity index (χ0v) is 14.4. The number of rotatable bonds is 3. The van der Waals surface area contributed by atoms with E-state index in [0.29, 0.717) is 11.2 Å². The van der Waals surface area contributed by atoms with Crippen LogP contribution in [0.15, 0.2) is 53.3 Å². The molecular weight excluding hydrogens is 312 g/mol. The lowest BCUT2D eigenvalue weighted by Crippen LogP contribution is -2.43. The number of para-hydroxylation sites is 1. The Balaban J connectivity index is 1.55. The highest BCUT2D eigenvalue weighted by Gasteiger charge is 2.14. The summed E-state index contributed by atoms with van der Waals surface area (Å²) in [6, 6.07) is 15.8. The number of hydrogen-bond donors (Lipinski definition) is 1. The highest BCUT2D eigenvalue weighted by atomic mass is 16.1. The van der Waals surface area contributed by atoms with Gasteiger partial charge in [-0.15, -0.1) is 0 Å². The first-order chi connectivity index (χ1) is 12.2. The third-order valence-electron chi connectivity index (χ3n) is 4.84. The number of likely N-dealkylation sites (N-methyl/N-ethyl adjacent to an activating group) is 1. The Bertz CT molecular complexity index is 924. The Morgan fingerprint density at radius 2 is 1.72 bits per heavy atom. The first-order valence-corrected chi connectivity index (χ1v) is 8.68. The topological polar surface area (TPSA) is 52.2 Å². The van der Waals surface area contributed by atoms with Crippen molar-refractivity contribution in [1.29, 1.82) is 0 Å². The van der Waals surface area contributed by atoms with Gasteiger partial charge in [0.25, 0.3) is 5.56 Å². The number of benzene rings is 2. The fourth-order valence-corrected chi connectivity index (χ4v) is 3.26. The summed E-state index contributed by atoms with van der Waals surface area (Å²) in [6.45, 7) is 5.44. The molecule has 4 rings (SSSR count). The van der Waals surface area contributed by atoms with E-state index in [2.05, 4.69) is 38.9 Å². The van der Waals surface area contributed by atoms with E-state index >= 15 is 0 Å². The smallest absolute Gasteiger partial charge is 0.259 e. The minimum Gasteiger partial charge on any atom is -0.306 e. The third-order valence-corrected chi connectivity index (χ3v) is 4.84. The number of fused-ring (bicyclic) bond motifs is 1. The van der Waals surface area contributed by atoms with Crippen LogP contribution in [0.5, 0.6) is 0 Å². The number of aromatic nitrogens is 2. The van der Waals surface area contributed by atoms with Crippen LogP contribution in [0, 0.1) is 0 Å². The summed E-state index contributed by atoms with van der Waals surface area (Å²) < 4.78 is 0. The van der Waals surface area contributed by atoms with Gasteiger partial charge in [-0.1, -0.05) is 36.4 Å². The minimum absolute atomic E-state index is 0.0953. The summed E-state index contributed by atoms with van der Waals surface area (Å²) in [7, 11) is 2.17. The van der Waals surface area contributed by atoms with Gasteiger partial charge in [-0.05, 0) is 24.7 Å². The van der Waals surface area contributed by atoms with Crippen LogP contribution in [0.25, 0.3) is 22.3 Å². The molecular formula is C20H22N4O. The maximum absolute atomic E-state index is 12.2. The summed E-state index contributed by atoms with van der Waals surface area (Å²) in [5.41, 5.74) is 2.85. The molecule has 0 radical (unpaired) electrons. The van der Waals surface area contributed by atoms with Gasteiger partial charge >= 0.3 is 0 Å². The van der Waals surface area contributed by atoms with Crippen molar-refractivity contribution in [1.82, 2.24) is 19.8 Å². The average molecular weight is 334 g/mol. The number of piperazine rings is 1. The van der Waals surface area contributed by atoms with Crippen LogP contribution < -0.4 is 5.56 Å². The summed E-state index contributed by atoms with van der Waals surface area (Å²) >= 11 is 0. The van der Waals surface area contributed by atoms with Gasteiger partial charge in [0.2, 0.25) is 0 Å². The van der Waals surface area contributed by atoms with E-state index in [-0.39, 0.29) is 5.56 Å². The minimum atomic E-state index is -0.0953. The number of H-pyrrole nitrogens is 1. The van der Waals surface area contributed by atoms with Gasteiger partial charge in [0.15, 0.2) is 0 Å². The summed E-state index contributed by atoms with van der Waals surface area (Å²) in [6.07, 6.45) is 0. The Hall–Kier alpha value is -2.50. The number of aromatic amines is 1. The van der Waals surface area contributed by atoms with E-state index in [9.17, 15) is 4.79 Å². The molecule has 1 aliphatic heterocycles. The first kappa shape index (κ1) is 16.0. The first-order valence-electron chi connectivity index (χ1n) is 8.68. The van der Waals surface area contributed by atoms with Crippen molar-refractivity contribution in [2.45, 2.75) is 6.54 Å². The van der Waals surface area contributed by atoms with Crippen LogP contribution >= 0.6 is 0 Å². The average Bonchev–Trinajstić information content (AvgIpc) is 2.64. The maximum atomic E-state index is 12.2. The van der Waals surface area contributed by atoms with Crippen molar-refractivity contribution in [3.05, 3.63) is 64.4 Å². The van der Waals surface area contributed by atoms with Gasteiger partial charge < -0.3 is 9.88 Å². The number of hydrogen-bond acceptors (Lipinski definition) is 4. The number of nitrogens with zero attached hydrogens (tertiary/aromatic N) is 3. The van der Waals surface area contributed by atoms with Gasteiger partial charge in [0, 0.05) is 38.3 Å². The highest BCUT2D eigenvalue weighted by molar-refractivity contribution is 5.79. The summed E-state index contributed by atoms with van der Waals surface area (Å²) in [5, 5.41) is 0.623. The molecule has 1 aliphatic rings. The van der Waals surface area contributed by atoms with Crippen LogP contribution in [-0.4, -0.2) is 53.0 Å². The second-order valence-electron chi connectivity index (χ2n) is 6.71. The molecule has 0 amide bonds. The summed E-state index contributed by atoms with van der Waals surface area (Å²) in [5.74, 6) is 0.620. The van der Waals surface area contributed by atoms with E-state index in [1.54, 1.807) is 6.07 Å². The molecule has 0 unspecified atom stereocenters.